The summed E-state index contributed by atoms with van der Waals surface area (Å²) < 4.78 is 5.98. The van der Waals surface area contributed by atoms with Crippen molar-refractivity contribution in [3.8, 4) is 17.1 Å². The number of aryl methyl sites for hydroxylation is 1. The molecule has 1 aromatic carbocycles. The summed E-state index contributed by atoms with van der Waals surface area (Å²) in [5.41, 5.74) is 3.62. The maximum atomic E-state index is 12.6. The Morgan fingerprint density at radius 2 is 2.10 bits per heavy atom. The van der Waals surface area contributed by atoms with Crippen LogP contribution in [-0.2, 0) is 19.4 Å². The molecule has 0 radical (unpaired) electrons. The molecule has 1 atom stereocenters. The summed E-state index contributed by atoms with van der Waals surface area (Å²) in [6.07, 6.45) is 6.14. The number of hydrogen-bond acceptors (Lipinski definition) is 5. The van der Waals surface area contributed by atoms with E-state index >= 15 is 0 Å². The van der Waals surface area contributed by atoms with E-state index < -0.39 is 0 Å². The molecule has 1 saturated heterocycles. The molecule has 6 nitrogen and oxygen atoms in total. The first kappa shape index (κ1) is 23.5. The molecule has 31 heavy (non-hydrogen) atoms. The van der Waals surface area contributed by atoms with Crippen molar-refractivity contribution in [1.29, 1.82) is 0 Å². The molecule has 2 heterocycles. The van der Waals surface area contributed by atoms with E-state index in [1.165, 1.54) is 31.4 Å². The SMILES string of the molecule is CCCOc1ccc(CNCCC2CCCN2C)cc1-c1nc(CC)c(CC)c(=O)[nH]1. The van der Waals surface area contributed by atoms with Crippen LogP contribution in [0.3, 0.4) is 0 Å². The summed E-state index contributed by atoms with van der Waals surface area (Å²) >= 11 is 0. The van der Waals surface area contributed by atoms with Crippen molar-refractivity contribution < 1.29 is 4.74 Å². The molecule has 1 aliphatic heterocycles. The van der Waals surface area contributed by atoms with Crippen molar-refractivity contribution in [1.82, 2.24) is 20.2 Å². The van der Waals surface area contributed by atoms with Crippen LogP contribution in [0, 0.1) is 0 Å². The van der Waals surface area contributed by atoms with Gasteiger partial charge in [-0.05, 0) is 76.4 Å². The lowest BCUT2D eigenvalue weighted by Gasteiger charge is -2.19. The average molecular weight is 427 g/mol. The van der Waals surface area contributed by atoms with Crippen molar-refractivity contribution in [2.75, 3.05) is 26.7 Å². The Kier molecular flexibility index (Phi) is 8.67. The molecule has 1 aromatic heterocycles. The summed E-state index contributed by atoms with van der Waals surface area (Å²) in [6.45, 7) is 9.77. The second-order valence-corrected chi connectivity index (χ2v) is 8.47. The number of aromatic amines is 1. The minimum Gasteiger partial charge on any atom is -0.493 e. The van der Waals surface area contributed by atoms with Crippen LogP contribution in [0.1, 0.15) is 63.3 Å². The Bertz CT molecular complexity index is 909. The maximum Gasteiger partial charge on any atom is 0.254 e. The molecule has 6 heteroatoms. The molecule has 2 N–H and O–H groups in total. The highest BCUT2D eigenvalue weighted by Gasteiger charge is 2.20. The van der Waals surface area contributed by atoms with Crippen molar-refractivity contribution >= 4 is 0 Å². The summed E-state index contributed by atoms with van der Waals surface area (Å²) in [4.78, 5) is 22.9. The number of nitrogens with one attached hydrogen (secondary N) is 2. The van der Waals surface area contributed by atoms with Gasteiger partial charge in [0.2, 0.25) is 0 Å². The van der Waals surface area contributed by atoms with Gasteiger partial charge in [0.1, 0.15) is 11.6 Å². The number of likely N-dealkylation sites (tertiary alicyclic amines) is 1. The summed E-state index contributed by atoms with van der Waals surface area (Å²) in [5, 5.41) is 3.58. The fourth-order valence-corrected chi connectivity index (χ4v) is 4.38. The Balaban J connectivity index is 1.79. The Morgan fingerprint density at radius 1 is 1.26 bits per heavy atom. The largest absolute Gasteiger partial charge is 0.493 e. The van der Waals surface area contributed by atoms with Crippen LogP contribution in [-0.4, -0.2) is 47.7 Å². The van der Waals surface area contributed by atoms with Crippen molar-refractivity contribution in [3.63, 3.8) is 0 Å². The summed E-state index contributed by atoms with van der Waals surface area (Å²) in [7, 11) is 2.22. The maximum absolute atomic E-state index is 12.6. The lowest BCUT2D eigenvalue weighted by Crippen LogP contribution is -2.29. The molecular formula is C25H38N4O2. The molecule has 1 unspecified atom stereocenters. The Morgan fingerprint density at radius 3 is 2.77 bits per heavy atom. The van der Waals surface area contributed by atoms with Gasteiger partial charge in [0, 0.05) is 18.2 Å². The van der Waals surface area contributed by atoms with Gasteiger partial charge in [0.15, 0.2) is 0 Å². The number of H-pyrrole nitrogens is 1. The van der Waals surface area contributed by atoms with Gasteiger partial charge >= 0.3 is 0 Å². The molecule has 0 bridgehead atoms. The first-order chi connectivity index (χ1) is 15.1. The zero-order valence-electron chi connectivity index (χ0n) is 19.6. The molecule has 1 aliphatic rings. The van der Waals surface area contributed by atoms with Crippen LogP contribution < -0.4 is 15.6 Å². The average Bonchev–Trinajstić information content (AvgIpc) is 3.19. The number of aromatic nitrogens is 2. The molecule has 0 aliphatic carbocycles. The van der Waals surface area contributed by atoms with Crippen LogP contribution in [0.4, 0.5) is 0 Å². The van der Waals surface area contributed by atoms with E-state index in [1.54, 1.807) is 0 Å². The normalized spacial score (nSPS) is 16.7. The third kappa shape index (κ3) is 5.95. The zero-order chi connectivity index (χ0) is 22.2. The third-order valence-electron chi connectivity index (χ3n) is 6.21. The van der Waals surface area contributed by atoms with E-state index in [0.29, 0.717) is 24.9 Å². The lowest BCUT2D eigenvalue weighted by molar-refractivity contribution is 0.293. The predicted octanol–water partition coefficient (Wildman–Crippen LogP) is 3.92. The standard InChI is InChI=1S/C25H38N4O2/c1-5-15-31-23-11-10-18(17-26-13-12-19-9-8-14-29(19)4)16-21(23)24-27-22(7-3)20(6-2)25(30)28-24/h10-11,16,19,26H,5-9,12-15,17H2,1-4H3,(H,27,28,30). The van der Waals surface area contributed by atoms with E-state index in [9.17, 15) is 4.79 Å². The van der Waals surface area contributed by atoms with Gasteiger partial charge < -0.3 is 19.9 Å². The topological polar surface area (TPSA) is 70.2 Å². The molecule has 0 spiro atoms. The van der Waals surface area contributed by atoms with Crippen molar-refractivity contribution in [2.24, 2.45) is 0 Å². The van der Waals surface area contributed by atoms with Crippen LogP contribution in [0.2, 0.25) is 0 Å². The number of nitrogens with zero attached hydrogens (tertiary/aromatic N) is 2. The molecule has 170 valence electrons. The third-order valence-corrected chi connectivity index (χ3v) is 6.21. The molecule has 0 amide bonds. The van der Waals surface area contributed by atoms with E-state index in [4.69, 9.17) is 9.72 Å². The first-order valence-corrected chi connectivity index (χ1v) is 11.9. The van der Waals surface area contributed by atoms with Crippen LogP contribution >= 0.6 is 0 Å². The number of rotatable bonds is 11. The Hall–Kier alpha value is -2.18. The van der Waals surface area contributed by atoms with Gasteiger partial charge in [0.25, 0.3) is 5.56 Å². The van der Waals surface area contributed by atoms with Crippen LogP contribution in [0.5, 0.6) is 5.75 Å². The minimum atomic E-state index is -0.0463. The van der Waals surface area contributed by atoms with Crippen LogP contribution in [0.15, 0.2) is 23.0 Å². The molecular weight excluding hydrogens is 388 g/mol. The zero-order valence-corrected chi connectivity index (χ0v) is 19.6. The quantitative estimate of drug-likeness (QED) is 0.533. The molecule has 3 rings (SSSR count). The van der Waals surface area contributed by atoms with Gasteiger partial charge in [-0.2, -0.15) is 0 Å². The monoisotopic (exact) mass is 426 g/mol. The number of benzene rings is 1. The molecule has 1 fully saturated rings. The van der Waals surface area contributed by atoms with Crippen molar-refractivity contribution in [2.45, 2.75) is 71.9 Å². The minimum absolute atomic E-state index is 0.0463. The fourth-order valence-electron chi connectivity index (χ4n) is 4.38. The Labute approximate surface area is 186 Å². The highest BCUT2D eigenvalue weighted by atomic mass is 16.5. The fraction of sp³-hybridized carbons (Fsp3) is 0.600. The van der Waals surface area contributed by atoms with E-state index in [2.05, 4.69) is 41.3 Å². The van der Waals surface area contributed by atoms with E-state index in [-0.39, 0.29) is 5.56 Å². The lowest BCUT2D eigenvalue weighted by atomic mass is 10.1. The smallest absolute Gasteiger partial charge is 0.254 e. The first-order valence-electron chi connectivity index (χ1n) is 11.9. The number of hydrogen-bond donors (Lipinski definition) is 2. The van der Waals surface area contributed by atoms with Gasteiger partial charge in [-0.1, -0.05) is 26.8 Å². The van der Waals surface area contributed by atoms with Gasteiger partial charge in [0.05, 0.1) is 17.9 Å². The second-order valence-electron chi connectivity index (χ2n) is 8.47. The summed E-state index contributed by atoms with van der Waals surface area (Å²) in [6, 6.07) is 6.91. The number of ether oxygens (including phenoxy) is 1. The molecule has 2 aromatic rings. The highest BCUT2D eigenvalue weighted by molar-refractivity contribution is 5.65. The van der Waals surface area contributed by atoms with E-state index in [1.807, 2.05) is 19.9 Å². The van der Waals surface area contributed by atoms with Gasteiger partial charge in [-0.3, -0.25) is 4.79 Å². The molecule has 0 saturated carbocycles. The van der Waals surface area contributed by atoms with Gasteiger partial charge in [-0.25, -0.2) is 4.98 Å². The van der Waals surface area contributed by atoms with E-state index in [0.717, 1.165) is 48.5 Å². The second kappa shape index (κ2) is 11.4. The van der Waals surface area contributed by atoms with Crippen LogP contribution in [0.25, 0.3) is 11.4 Å². The van der Waals surface area contributed by atoms with Crippen molar-refractivity contribution in [3.05, 3.63) is 45.4 Å². The summed E-state index contributed by atoms with van der Waals surface area (Å²) in [5.74, 6) is 1.37. The predicted molar refractivity (Wildman–Crippen MR) is 127 cm³/mol. The van der Waals surface area contributed by atoms with Gasteiger partial charge in [-0.15, -0.1) is 0 Å². The highest BCUT2D eigenvalue weighted by Crippen LogP contribution is 2.29.